The maximum atomic E-state index is 11.8. The van der Waals surface area contributed by atoms with Crippen molar-refractivity contribution in [2.75, 3.05) is 31.1 Å². The molecule has 2 aliphatic rings. The Balaban J connectivity index is 1.64. The van der Waals surface area contributed by atoms with Crippen LogP contribution in [0.25, 0.3) is 0 Å². The smallest absolute Gasteiger partial charge is 0.222 e. The number of hydrogen-bond acceptors (Lipinski definition) is 3. The minimum atomic E-state index is 0.114. The summed E-state index contributed by atoms with van der Waals surface area (Å²) < 4.78 is 0. The second-order valence-electron chi connectivity index (χ2n) is 5.49. The van der Waals surface area contributed by atoms with Crippen LogP contribution in [0.15, 0.2) is 4.99 Å². The van der Waals surface area contributed by atoms with Crippen LogP contribution in [0.4, 0.5) is 0 Å². The Morgan fingerprint density at radius 3 is 2.65 bits per heavy atom. The first kappa shape index (κ1) is 15.5. The van der Waals surface area contributed by atoms with Crippen molar-refractivity contribution in [1.82, 2.24) is 10.2 Å². The number of hydrogen-bond donors (Lipinski definition) is 2. The van der Waals surface area contributed by atoms with Gasteiger partial charge < -0.3 is 16.0 Å². The van der Waals surface area contributed by atoms with Crippen LogP contribution in [0, 0.1) is 0 Å². The summed E-state index contributed by atoms with van der Waals surface area (Å²) in [5.74, 6) is 2.93. The van der Waals surface area contributed by atoms with Crippen molar-refractivity contribution < 1.29 is 4.79 Å². The Labute approximate surface area is 125 Å². The van der Waals surface area contributed by atoms with Crippen LogP contribution in [0.2, 0.25) is 0 Å². The second kappa shape index (κ2) is 8.39. The van der Waals surface area contributed by atoms with E-state index in [0.717, 1.165) is 37.4 Å². The lowest BCUT2D eigenvalue weighted by Gasteiger charge is -2.27. The number of aliphatic imine (C=N–C) groups is 1. The molecule has 0 atom stereocenters. The van der Waals surface area contributed by atoms with Gasteiger partial charge in [-0.2, -0.15) is 11.8 Å². The normalized spacial score (nSPS) is 21.8. The SMILES string of the molecule is NC(=NCCC(=O)NC1CCCCC1)N1CCSCC1. The minimum absolute atomic E-state index is 0.114. The van der Waals surface area contributed by atoms with E-state index in [9.17, 15) is 4.79 Å². The predicted octanol–water partition coefficient (Wildman–Crippen LogP) is 1.19. The number of nitrogens with two attached hydrogens (primary N) is 1. The fourth-order valence-corrected chi connectivity index (χ4v) is 3.61. The summed E-state index contributed by atoms with van der Waals surface area (Å²) in [5, 5.41) is 3.11. The molecule has 1 saturated carbocycles. The van der Waals surface area contributed by atoms with Crippen LogP contribution in [-0.4, -0.2) is 53.9 Å². The molecule has 0 bridgehead atoms. The lowest BCUT2D eigenvalue weighted by molar-refractivity contribution is -0.121. The van der Waals surface area contributed by atoms with Crippen LogP contribution in [-0.2, 0) is 4.79 Å². The summed E-state index contributed by atoms with van der Waals surface area (Å²) >= 11 is 1.95. The average molecular weight is 298 g/mol. The fraction of sp³-hybridized carbons (Fsp3) is 0.857. The van der Waals surface area contributed by atoms with Gasteiger partial charge in [-0.15, -0.1) is 0 Å². The first-order chi connectivity index (χ1) is 9.75. The number of thioether (sulfide) groups is 1. The lowest BCUT2D eigenvalue weighted by atomic mass is 9.95. The molecule has 0 aromatic carbocycles. The zero-order valence-electron chi connectivity index (χ0n) is 12.1. The largest absolute Gasteiger partial charge is 0.370 e. The maximum Gasteiger partial charge on any atom is 0.222 e. The lowest BCUT2D eigenvalue weighted by Crippen LogP contribution is -2.43. The first-order valence-corrected chi connectivity index (χ1v) is 8.83. The number of rotatable bonds is 4. The number of carbonyl (C=O) groups is 1. The molecule has 2 fully saturated rings. The Bertz CT molecular complexity index is 336. The summed E-state index contributed by atoms with van der Waals surface area (Å²) in [7, 11) is 0. The summed E-state index contributed by atoms with van der Waals surface area (Å²) in [4.78, 5) is 18.3. The van der Waals surface area contributed by atoms with Gasteiger partial charge in [-0.05, 0) is 12.8 Å². The zero-order valence-corrected chi connectivity index (χ0v) is 13.0. The van der Waals surface area contributed by atoms with E-state index in [1.54, 1.807) is 0 Å². The zero-order chi connectivity index (χ0) is 14.2. The highest BCUT2D eigenvalue weighted by atomic mass is 32.2. The molecule has 1 amide bonds. The third-order valence-corrected chi connectivity index (χ3v) is 4.86. The Hall–Kier alpha value is -0.910. The number of nitrogens with one attached hydrogen (secondary N) is 1. The van der Waals surface area contributed by atoms with Crippen molar-refractivity contribution in [3.63, 3.8) is 0 Å². The highest BCUT2D eigenvalue weighted by Gasteiger charge is 2.15. The van der Waals surface area contributed by atoms with Crippen molar-refractivity contribution in [2.45, 2.75) is 44.6 Å². The molecular weight excluding hydrogens is 272 g/mol. The fourth-order valence-electron chi connectivity index (χ4n) is 2.71. The van der Waals surface area contributed by atoms with Gasteiger partial charge in [0.1, 0.15) is 0 Å². The van der Waals surface area contributed by atoms with E-state index >= 15 is 0 Å². The van der Waals surface area contributed by atoms with Gasteiger partial charge in [-0.3, -0.25) is 9.79 Å². The van der Waals surface area contributed by atoms with Crippen molar-refractivity contribution in [1.29, 1.82) is 0 Å². The van der Waals surface area contributed by atoms with Crippen LogP contribution in [0.1, 0.15) is 38.5 Å². The van der Waals surface area contributed by atoms with Crippen molar-refractivity contribution in [3.05, 3.63) is 0 Å². The Kier molecular flexibility index (Phi) is 6.50. The molecule has 0 aromatic heterocycles. The second-order valence-corrected chi connectivity index (χ2v) is 6.72. The molecule has 5 nitrogen and oxygen atoms in total. The molecule has 6 heteroatoms. The highest BCUT2D eigenvalue weighted by Crippen LogP contribution is 2.17. The topological polar surface area (TPSA) is 70.7 Å². The van der Waals surface area contributed by atoms with Gasteiger partial charge in [0, 0.05) is 37.1 Å². The van der Waals surface area contributed by atoms with Crippen LogP contribution in [0.3, 0.4) is 0 Å². The molecule has 0 aromatic rings. The molecule has 1 saturated heterocycles. The number of guanidine groups is 1. The molecule has 2 rings (SSSR count). The quantitative estimate of drug-likeness (QED) is 0.604. The summed E-state index contributed by atoms with van der Waals surface area (Å²) in [6.07, 6.45) is 6.48. The van der Waals surface area contributed by atoms with Gasteiger partial charge >= 0.3 is 0 Å². The molecule has 114 valence electrons. The Morgan fingerprint density at radius 1 is 1.25 bits per heavy atom. The van der Waals surface area contributed by atoms with Crippen LogP contribution in [0.5, 0.6) is 0 Å². The van der Waals surface area contributed by atoms with E-state index in [1.165, 1.54) is 19.3 Å². The van der Waals surface area contributed by atoms with E-state index in [-0.39, 0.29) is 5.91 Å². The standard InChI is InChI=1S/C14H26N4OS/c15-14(18-8-10-20-11-9-18)16-7-6-13(19)17-12-4-2-1-3-5-12/h12H,1-11H2,(H2,15,16)(H,17,19). The van der Waals surface area contributed by atoms with Gasteiger partial charge in [-0.1, -0.05) is 19.3 Å². The van der Waals surface area contributed by atoms with Crippen molar-refractivity contribution in [2.24, 2.45) is 10.7 Å². The summed E-state index contributed by atoms with van der Waals surface area (Å²) in [6.45, 7) is 2.43. The maximum absolute atomic E-state index is 11.8. The minimum Gasteiger partial charge on any atom is -0.370 e. The van der Waals surface area contributed by atoms with E-state index in [0.29, 0.717) is 25.0 Å². The van der Waals surface area contributed by atoms with Crippen LogP contribution >= 0.6 is 11.8 Å². The predicted molar refractivity (Wildman–Crippen MR) is 85.0 cm³/mol. The highest BCUT2D eigenvalue weighted by molar-refractivity contribution is 7.99. The third kappa shape index (κ3) is 5.23. The monoisotopic (exact) mass is 298 g/mol. The van der Waals surface area contributed by atoms with E-state index < -0.39 is 0 Å². The third-order valence-electron chi connectivity index (χ3n) is 3.92. The molecule has 0 spiro atoms. The molecule has 1 heterocycles. The van der Waals surface area contributed by atoms with Gasteiger partial charge in [0.15, 0.2) is 5.96 Å². The molecular formula is C14H26N4OS. The molecule has 1 aliphatic heterocycles. The number of nitrogens with zero attached hydrogens (tertiary/aromatic N) is 2. The van der Waals surface area contributed by atoms with Crippen LogP contribution < -0.4 is 11.1 Å². The molecule has 0 unspecified atom stereocenters. The molecule has 0 radical (unpaired) electrons. The Morgan fingerprint density at radius 2 is 1.95 bits per heavy atom. The average Bonchev–Trinajstić information content (AvgIpc) is 2.49. The summed E-state index contributed by atoms with van der Waals surface area (Å²) in [6, 6.07) is 0.386. The molecule has 20 heavy (non-hydrogen) atoms. The van der Waals surface area contributed by atoms with E-state index in [1.807, 2.05) is 11.8 Å². The van der Waals surface area contributed by atoms with Gasteiger partial charge in [0.05, 0.1) is 6.54 Å². The van der Waals surface area contributed by atoms with Gasteiger partial charge in [0.2, 0.25) is 5.91 Å². The van der Waals surface area contributed by atoms with E-state index in [2.05, 4.69) is 15.2 Å². The summed E-state index contributed by atoms with van der Waals surface area (Å²) in [5.41, 5.74) is 5.95. The van der Waals surface area contributed by atoms with Crippen molar-refractivity contribution >= 4 is 23.6 Å². The molecule has 3 N–H and O–H groups in total. The molecule has 1 aliphatic carbocycles. The number of carbonyl (C=O) groups excluding carboxylic acids is 1. The first-order valence-electron chi connectivity index (χ1n) is 7.67. The van der Waals surface area contributed by atoms with E-state index in [4.69, 9.17) is 5.73 Å². The van der Waals surface area contributed by atoms with Crippen molar-refractivity contribution in [3.8, 4) is 0 Å². The number of amides is 1. The van der Waals surface area contributed by atoms with Gasteiger partial charge in [-0.25, -0.2) is 0 Å². The van der Waals surface area contributed by atoms with Gasteiger partial charge in [0.25, 0.3) is 0 Å².